The summed E-state index contributed by atoms with van der Waals surface area (Å²) in [7, 11) is 0. The van der Waals surface area contributed by atoms with Crippen LogP contribution >= 0.6 is 12.2 Å². The third-order valence-electron chi connectivity index (χ3n) is 14.3. The molecule has 7 atom stereocenters. The molecule has 0 aliphatic carbocycles. The first kappa shape index (κ1) is 51.0. The van der Waals surface area contributed by atoms with Gasteiger partial charge in [0.25, 0.3) is 16.3 Å². The van der Waals surface area contributed by atoms with E-state index in [1.165, 1.54) is 49.4 Å². The Hall–Kier alpha value is -8.52. The molecule has 18 heteroatoms. The van der Waals surface area contributed by atoms with Crippen molar-refractivity contribution in [2.75, 3.05) is 13.2 Å². The van der Waals surface area contributed by atoms with Crippen LogP contribution in [0.25, 0.3) is 0 Å². The van der Waals surface area contributed by atoms with Crippen molar-refractivity contribution in [1.29, 1.82) is 0 Å². The summed E-state index contributed by atoms with van der Waals surface area (Å²) in [6.45, 7) is 2.58. The number of aromatic nitrogens is 6. The summed E-state index contributed by atoms with van der Waals surface area (Å²) in [4.78, 5) is 56.6. The van der Waals surface area contributed by atoms with Gasteiger partial charge >= 0.3 is 11.4 Å². The molecule has 416 valence electrons. The van der Waals surface area contributed by atoms with E-state index in [4.69, 9.17) is 44.8 Å². The molecular weight excluding hydrogens is 1040 g/mol. The number of rotatable bonds is 15. The van der Waals surface area contributed by atoms with Gasteiger partial charge in [0.05, 0.1) is 19.3 Å². The van der Waals surface area contributed by atoms with Gasteiger partial charge in [-0.05, 0) is 59.4 Å². The minimum Gasteiger partial charge on any atom is -0.461 e. The van der Waals surface area contributed by atoms with Gasteiger partial charge < -0.3 is 23.7 Å². The van der Waals surface area contributed by atoms with E-state index in [-0.39, 0.29) is 26.2 Å². The van der Waals surface area contributed by atoms with Gasteiger partial charge in [-0.25, -0.2) is 23.4 Å². The highest BCUT2D eigenvalue weighted by atomic mass is 32.1. The Labute approximate surface area is 474 Å². The number of hydrogen-bond donors (Lipinski definition) is 2. The van der Waals surface area contributed by atoms with Gasteiger partial charge in [-0.1, -0.05) is 182 Å². The Balaban J connectivity index is 0.000000257. The zero-order chi connectivity index (χ0) is 61.9. The predicted molar refractivity (Wildman–Crippen MR) is 308 cm³/mol. The summed E-state index contributed by atoms with van der Waals surface area (Å²) in [5, 5.41) is -0.0557. The first-order chi connectivity index (χ1) is 41.7. The number of thiocarbonyl (C=S) groups is 1. The van der Waals surface area contributed by atoms with Crippen molar-refractivity contribution in [2.45, 2.75) is 73.6 Å². The van der Waals surface area contributed by atoms with Crippen LogP contribution < -0.4 is 22.5 Å². The summed E-state index contributed by atoms with van der Waals surface area (Å²) in [6, 6.07) is 61.2. The van der Waals surface area contributed by atoms with Gasteiger partial charge in [0.1, 0.15) is 23.6 Å². The normalized spacial score (nSPS) is 22.1. The molecule has 0 radical (unpaired) electrons. The van der Waals surface area contributed by atoms with E-state index in [9.17, 15) is 19.2 Å². The van der Waals surface area contributed by atoms with E-state index >= 15 is 8.78 Å². The summed E-state index contributed by atoms with van der Waals surface area (Å²) in [6.07, 6.45) is 1.37. The van der Waals surface area contributed by atoms with Gasteiger partial charge in [0.15, 0.2) is 29.9 Å². The van der Waals surface area contributed by atoms with Crippen LogP contribution in [0, 0.1) is 0 Å². The SMILES string of the molecule is C[C@@]1(F)C[C@@H](COC(c2ccccc2)(c2ccccc2)c2ccccc2)O[C@H]1n1ccc(=O)[nH]c1=O.C[C@@]1(F)[C@H](OC(=S)n2ccnc2)[C@@H](COC(c2ccccc2)(c2ccccc2)c2ccccc2)O[C@H]1n1ccc(=O)[nH]c1=O.[2HH].[2H][2H].[2H][2H].[2H][2H]. The van der Waals surface area contributed by atoms with Crippen LogP contribution in [0.5, 0.6) is 0 Å². The number of imidazole rings is 1. The first-order valence-electron chi connectivity index (χ1n) is 28.8. The Kier molecular flexibility index (Phi) is 14.9. The molecular formula is C62H64F2N6O9S. The predicted octanol–water partition coefficient (Wildman–Crippen LogP) is 10.1. The monoisotopic (exact) mass is 1110 g/mol. The third kappa shape index (κ3) is 11.1. The zero-order valence-corrected chi connectivity index (χ0v) is 44.3. The van der Waals surface area contributed by atoms with Crippen LogP contribution in [0.3, 0.4) is 0 Å². The Morgan fingerprint density at radius 1 is 0.600 bits per heavy atom. The molecule has 15 nitrogen and oxygen atoms in total. The van der Waals surface area contributed by atoms with Crippen LogP contribution in [0.2, 0.25) is 0 Å². The van der Waals surface area contributed by atoms with Gasteiger partial charge in [-0.15, -0.1) is 0 Å². The fraction of sp³-hybridized carbons (Fsp3) is 0.226. The van der Waals surface area contributed by atoms with E-state index in [0.29, 0.717) is 0 Å². The Morgan fingerprint density at radius 2 is 0.988 bits per heavy atom. The molecule has 11 rings (SSSR count). The lowest BCUT2D eigenvalue weighted by molar-refractivity contribution is -0.0960. The van der Waals surface area contributed by atoms with Crippen molar-refractivity contribution in [1.82, 2.24) is 28.7 Å². The molecule has 0 amide bonds. The van der Waals surface area contributed by atoms with Crippen LogP contribution in [0.1, 0.15) is 76.4 Å². The number of ether oxygens (including phenoxy) is 5. The second kappa shape index (κ2) is 23.4. The van der Waals surface area contributed by atoms with Crippen LogP contribution in [0.4, 0.5) is 8.78 Å². The fourth-order valence-corrected chi connectivity index (χ4v) is 10.8. The molecule has 0 spiro atoms. The van der Waals surface area contributed by atoms with Crippen molar-refractivity contribution in [3.8, 4) is 0 Å². The lowest BCUT2D eigenvalue weighted by Crippen LogP contribution is -2.47. The average Bonchev–Trinajstić information content (AvgIpc) is 1.78. The van der Waals surface area contributed by atoms with Gasteiger partial charge in [0.2, 0.25) is 0 Å². The largest absolute Gasteiger partial charge is 0.461 e. The second-order valence-corrected chi connectivity index (χ2v) is 20.1. The highest BCUT2D eigenvalue weighted by Crippen LogP contribution is 2.47. The maximum Gasteiger partial charge on any atom is 0.330 e. The molecule has 3 aromatic heterocycles. The number of alkyl halides is 2. The van der Waals surface area contributed by atoms with Crippen LogP contribution in [0.15, 0.2) is 244 Å². The minimum atomic E-state index is -2.30. The summed E-state index contributed by atoms with van der Waals surface area (Å²) in [5.74, 6) is 0. The lowest BCUT2D eigenvalue weighted by Gasteiger charge is -2.37. The van der Waals surface area contributed by atoms with Crippen LogP contribution in [-0.2, 0) is 34.9 Å². The maximum atomic E-state index is 16.9. The Morgan fingerprint density at radius 3 is 1.36 bits per heavy atom. The second-order valence-electron chi connectivity index (χ2n) is 19.8. The van der Waals surface area contributed by atoms with E-state index in [1.54, 1.807) is 6.20 Å². The smallest absolute Gasteiger partial charge is 0.330 e. The number of H-pyrrole nitrogens is 2. The van der Waals surface area contributed by atoms with Crippen molar-refractivity contribution >= 4 is 17.4 Å². The number of aromatic amines is 2. The highest BCUT2D eigenvalue weighted by Gasteiger charge is 2.59. The van der Waals surface area contributed by atoms with E-state index in [1.807, 2.05) is 182 Å². The van der Waals surface area contributed by atoms with E-state index in [2.05, 4.69) is 15.0 Å². The molecule has 2 N–H and O–H groups in total. The van der Waals surface area contributed by atoms with E-state index in [0.717, 1.165) is 48.6 Å². The molecule has 2 saturated heterocycles. The van der Waals surface area contributed by atoms with Crippen molar-refractivity contribution < 1.29 is 42.8 Å². The summed E-state index contributed by atoms with van der Waals surface area (Å²) < 4.78 is 98.1. The van der Waals surface area contributed by atoms with Gasteiger partial charge in [-0.3, -0.25) is 33.3 Å². The highest BCUT2D eigenvalue weighted by molar-refractivity contribution is 7.80. The molecule has 80 heavy (non-hydrogen) atoms. The fourth-order valence-electron chi connectivity index (χ4n) is 10.6. The molecule has 2 fully saturated rings. The average molecular weight is 1110 g/mol. The number of nitrogens with one attached hydrogen (secondary N) is 2. The molecule has 0 unspecified atom stereocenters. The number of nitrogens with zero attached hydrogens (tertiary/aromatic N) is 4. The molecule has 2 aliphatic heterocycles. The zero-order valence-electron chi connectivity index (χ0n) is 49.5. The van der Waals surface area contributed by atoms with Crippen molar-refractivity contribution in [2.24, 2.45) is 0 Å². The summed E-state index contributed by atoms with van der Waals surface area (Å²) in [5.41, 5.74) is -3.61. The number of benzene rings is 6. The number of hydrogen-bond acceptors (Lipinski definition) is 11. The minimum absolute atomic E-state index is 0. The molecule has 0 bridgehead atoms. The molecule has 5 heterocycles. The van der Waals surface area contributed by atoms with Crippen molar-refractivity contribution in [3.63, 3.8) is 0 Å². The van der Waals surface area contributed by atoms with Gasteiger partial charge in [0, 0.05) is 53.7 Å². The molecule has 9 aromatic rings. The number of halogens is 2. The maximum absolute atomic E-state index is 16.9. The summed E-state index contributed by atoms with van der Waals surface area (Å²) >= 11 is 5.47. The lowest BCUT2D eigenvalue weighted by atomic mass is 9.80. The molecule has 0 saturated carbocycles. The van der Waals surface area contributed by atoms with Gasteiger partial charge in [-0.2, -0.15) is 0 Å². The third-order valence-corrected chi connectivity index (χ3v) is 14.6. The molecule has 2 aliphatic rings. The topological polar surface area (TPSA) is 174 Å². The standard InChI is InChI=1S/C33H29FN4O5S.C29H27FN2O4.4H2/c1-32(34)28(43-31(44)37-20-18-35-22-37)26(42-29(32)38-19-17-27(39)36-30(38)40)21-41-33(23-11-5-2-6-12-23,24-13-7-3-8-14-24)25-15-9-4-10-16-25;1-28(30)19-24(36-26(28)32-18-17-25(33)31-27(32)34)20-35-29(21-11-5-2-6-12-21,22-13-7-3-8-14-22)23-15-9-4-10-16-23;;;;/h2-20,22,26,28-29H,21H2,1H3,(H,36,39,40);2-18,24,26H,19-20H2,1H3,(H,31,33,34);4*1H/t26-,28-,29-,32-;24-,26+,28+;;;;/m10..../s1/i;;3*1+1D;1+1. The van der Waals surface area contributed by atoms with Crippen molar-refractivity contribution in [3.05, 3.63) is 300 Å². The van der Waals surface area contributed by atoms with E-state index < -0.39 is 75.8 Å². The molecule has 6 aromatic carbocycles. The Bertz CT molecular complexity index is 3580. The first-order valence-corrected chi connectivity index (χ1v) is 26.2. The quantitative estimate of drug-likeness (QED) is 0.0739. The van der Waals surface area contributed by atoms with Crippen LogP contribution in [-0.4, -0.2) is 76.7 Å².